The van der Waals surface area contributed by atoms with Crippen molar-refractivity contribution in [1.82, 2.24) is 5.32 Å². The molecule has 1 rings (SSSR count). The maximum atomic E-state index is 12.0. The summed E-state index contributed by atoms with van der Waals surface area (Å²) in [5.41, 5.74) is 0. The number of amides is 1. The van der Waals surface area contributed by atoms with Gasteiger partial charge in [-0.1, -0.05) is 31.5 Å². The highest BCUT2D eigenvalue weighted by molar-refractivity contribution is 6.30. The van der Waals surface area contributed by atoms with E-state index < -0.39 is 6.10 Å². The summed E-state index contributed by atoms with van der Waals surface area (Å²) in [4.78, 5) is 12.0. The van der Waals surface area contributed by atoms with E-state index in [0.717, 1.165) is 6.42 Å². The predicted molar refractivity (Wildman–Crippen MR) is 80.0 cm³/mol. The van der Waals surface area contributed by atoms with Crippen LogP contribution in [0.5, 0.6) is 5.75 Å². The summed E-state index contributed by atoms with van der Waals surface area (Å²) in [5.74, 6) is 0.700. The van der Waals surface area contributed by atoms with Crippen LogP contribution in [0.3, 0.4) is 0 Å². The first kappa shape index (κ1) is 16.8. The minimum absolute atomic E-state index is 0.0756. The van der Waals surface area contributed by atoms with Crippen molar-refractivity contribution in [3.05, 3.63) is 29.3 Å². The number of rotatable bonds is 7. The van der Waals surface area contributed by atoms with Crippen molar-refractivity contribution in [2.75, 3.05) is 6.61 Å². The van der Waals surface area contributed by atoms with Gasteiger partial charge in [0.05, 0.1) is 12.6 Å². The van der Waals surface area contributed by atoms with Crippen LogP contribution in [0.1, 0.15) is 27.2 Å². The predicted octanol–water partition coefficient (Wildman–Crippen LogP) is 2.63. The third-order valence-corrected chi connectivity index (χ3v) is 3.04. The number of aliphatic hydroxyl groups excluding tert-OH is 1. The van der Waals surface area contributed by atoms with Crippen LogP contribution >= 0.6 is 11.6 Å². The first-order chi connectivity index (χ1) is 9.42. The molecule has 0 radical (unpaired) electrons. The van der Waals surface area contributed by atoms with Crippen molar-refractivity contribution in [2.45, 2.75) is 39.3 Å². The molecule has 2 unspecified atom stereocenters. The number of ether oxygens (including phenoxy) is 1. The molecule has 0 spiro atoms. The molecule has 0 fully saturated rings. The molecule has 1 aromatic carbocycles. The summed E-state index contributed by atoms with van der Waals surface area (Å²) in [6, 6.07) is 6.66. The van der Waals surface area contributed by atoms with Crippen molar-refractivity contribution in [3.63, 3.8) is 0 Å². The van der Waals surface area contributed by atoms with E-state index in [1.807, 2.05) is 13.8 Å². The van der Waals surface area contributed by atoms with Gasteiger partial charge >= 0.3 is 0 Å². The first-order valence-corrected chi connectivity index (χ1v) is 7.13. The number of nitrogens with one attached hydrogen (secondary N) is 1. The lowest BCUT2D eigenvalue weighted by molar-refractivity contribution is -0.128. The third kappa shape index (κ3) is 5.80. The van der Waals surface area contributed by atoms with E-state index >= 15 is 0 Å². The third-order valence-electron chi connectivity index (χ3n) is 2.80. The van der Waals surface area contributed by atoms with E-state index in [9.17, 15) is 9.90 Å². The summed E-state index contributed by atoms with van der Waals surface area (Å²) in [6.45, 7) is 5.68. The Hall–Kier alpha value is -1.26. The number of carbonyl (C=O) groups is 1. The zero-order valence-corrected chi connectivity index (χ0v) is 12.9. The van der Waals surface area contributed by atoms with Crippen LogP contribution in [0, 0.1) is 5.92 Å². The van der Waals surface area contributed by atoms with Gasteiger partial charge in [0.1, 0.15) is 5.75 Å². The minimum Gasteiger partial charge on any atom is -0.481 e. The summed E-state index contributed by atoms with van der Waals surface area (Å²) in [5, 5.41) is 12.6. The van der Waals surface area contributed by atoms with Gasteiger partial charge in [0, 0.05) is 5.02 Å². The minimum atomic E-state index is -0.644. The summed E-state index contributed by atoms with van der Waals surface area (Å²) in [6.07, 6.45) is 0.0845. The molecular weight excluding hydrogens is 278 g/mol. The van der Waals surface area contributed by atoms with Gasteiger partial charge in [-0.15, -0.1) is 0 Å². The Labute approximate surface area is 125 Å². The standard InChI is InChI=1S/C15H22ClNO3/c1-10(2)7-13(9-18)17-15(19)11(3)20-14-6-4-5-12(16)8-14/h4-6,8,10-11,13,18H,7,9H2,1-3H3,(H,17,19). The Morgan fingerprint density at radius 1 is 1.40 bits per heavy atom. The van der Waals surface area contributed by atoms with E-state index in [4.69, 9.17) is 16.3 Å². The average molecular weight is 300 g/mol. The zero-order valence-electron chi connectivity index (χ0n) is 12.1. The van der Waals surface area contributed by atoms with Crippen molar-refractivity contribution >= 4 is 17.5 Å². The second kappa shape index (κ2) is 8.12. The van der Waals surface area contributed by atoms with E-state index in [0.29, 0.717) is 16.7 Å². The van der Waals surface area contributed by atoms with E-state index in [1.165, 1.54) is 0 Å². The fourth-order valence-electron chi connectivity index (χ4n) is 1.86. The van der Waals surface area contributed by atoms with Gasteiger partial charge < -0.3 is 15.2 Å². The molecule has 1 aromatic rings. The SMILES string of the molecule is CC(C)CC(CO)NC(=O)C(C)Oc1cccc(Cl)c1. The smallest absolute Gasteiger partial charge is 0.261 e. The number of halogens is 1. The summed E-state index contributed by atoms with van der Waals surface area (Å²) in [7, 11) is 0. The second-order valence-corrected chi connectivity index (χ2v) is 5.67. The van der Waals surface area contributed by atoms with Crippen molar-refractivity contribution in [1.29, 1.82) is 0 Å². The number of benzene rings is 1. The van der Waals surface area contributed by atoms with Crippen LogP contribution < -0.4 is 10.1 Å². The molecule has 0 aliphatic rings. The van der Waals surface area contributed by atoms with Crippen LogP contribution in [0.25, 0.3) is 0 Å². The Bertz CT molecular complexity index is 437. The lowest BCUT2D eigenvalue weighted by Crippen LogP contribution is -2.44. The van der Waals surface area contributed by atoms with Crippen LogP contribution in [0.2, 0.25) is 5.02 Å². The van der Waals surface area contributed by atoms with Crippen LogP contribution in [-0.4, -0.2) is 29.8 Å². The molecule has 0 bridgehead atoms. The lowest BCUT2D eigenvalue weighted by Gasteiger charge is -2.21. The van der Waals surface area contributed by atoms with Gasteiger partial charge in [-0.25, -0.2) is 0 Å². The molecule has 112 valence electrons. The van der Waals surface area contributed by atoms with E-state index in [1.54, 1.807) is 31.2 Å². The molecule has 0 aromatic heterocycles. The molecule has 0 aliphatic carbocycles. The summed E-state index contributed by atoms with van der Waals surface area (Å²) >= 11 is 5.86. The Balaban J connectivity index is 2.54. The van der Waals surface area contributed by atoms with Crippen LogP contribution in [-0.2, 0) is 4.79 Å². The normalized spacial score (nSPS) is 13.9. The van der Waals surface area contributed by atoms with E-state index in [2.05, 4.69) is 5.32 Å². The maximum Gasteiger partial charge on any atom is 0.261 e. The number of hydrogen-bond donors (Lipinski definition) is 2. The fraction of sp³-hybridized carbons (Fsp3) is 0.533. The topological polar surface area (TPSA) is 58.6 Å². The quantitative estimate of drug-likeness (QED) is 0.814. The van der Waals surface area contributed by atoms with Gasteiger partial charge in [0.15, 0.2) is 6.10 Å². The van der Waals surface area contributed by atoms with Gasteiger partial charge in [-0.3, -0.25) is 4.79 Å². The molecular formula is C15H22ClNO3. The maximum absolute atomic E-state index is 12.0. The lowest BCUT2D eigenvalue weighted by atomic mass is 10.0. The Morgan fingerprint density at radius 2 is 2.10 bits per heavy atom. The highest BCUT2D eigenvalue weighted by Crippen LogP contribution is 2.18. The number of hydrogen-bond acceptors (Lipinski definition) is 3. The van der Waals surface area contributed by atoms with Gasteiger partial charge in [0.2, 0.25) is 0 Å². The van der Waals surface area contributed by atoms with Crippen LogP contribution in [0.15, 0.2) is 24.3 Å². The van der Waals surface area contributed by atoms with Crippen molar-refractivity contribution < 1.29 is 14.6 Å². The van der Waals surface area contributed by atoms with E-state index in [-0.39, 0.29) is 18.6 Å². The Kier molecular flexibility index (Phi) is 6.82. The zero-order chi connectivity index (χ0) is 15.1. The van der Waals surface area contributed by atoms with Crippen LogP contribution in [0.4, 0.5) is 0 Å². The summed E-state index contributed by atoms with van der Waals surface area (Å²) < 4.78 is 5.53. The number of carbonyl (C=O) groups excluding carboxylic acids is 1. The first-order valence-electron chi connectivity index (χ1n) is 6.75. The second-order valence-electron chi connectivity index (χ2n) is 5.24. The molecule has 1 amide bonds. The van der Waals surface area contributed by atoms with Crippen molar-refractivity contribution in [3.8, 4) is 5.75 Å². The highest BCUT2D eigenvalue weighted by atomic mass is 35.5. The highest BCUT2D eigenvalue weighted by Gasteiger charge is 2.19. The monoisotopic (exact) mass is 299 g/mol. The van der Waals surface area contributed by atoms with Gasteiger partial charge in [-0.2, -0.15) is 0 Å². The largest absolute Gasteiger partial charge is 0.481 e. The Morgan fingerprint density at radius 3 is 2.65 bits per heavy atom. The molecule has 2 N–H and O–H groups in total. The van der Waals surface area contributed by atoms with Gasteiger partial charge in [0.25, 0.3) is 5.91 Å². The number of aliphatic hydroxyl groups is 1. The molecule has 0 saturated carbocycles. The molecule has 0 heterocycles. The molecule has 4 nitrogen and oxygen atoms in total. The average Bonchev–Trinajstić information content (AvgIpc) is 2.37. The molecule has 0 saturated heterocycles. The molecule has 2 atom stereocenters. The molecule has 5 heteroatoms. The van der Waals surface area contributed by atoms with Gasteiger partial charge in [-0.05, 0) is 37.5 Å². The fourth-order valence-corrected chi connectivity index (χ4v) is 2.04. The van der Waals surface area contributed by atoms with Crippen molar-refractivity contribution in [2.24, 2.45) is 5.92 Å². The molecule has 20 heavy (non-hydrogen) atoms. The molecule has 0 aliphatic heterocycles.